The number of aromatic nitrogens is 2. The quantitative estimate of drug-likeness (QED) is 0.567. The molecule has 0 saturated heterocycles. The Balaban J connectivity index is 1.89. The van der Waals surface area contributed by atoms with Gasteiger partial charge in [0, 0.05) is 19.4 Å². The van der Waals surface area contributed by atoms with Gasteiger partial charge < -0.3 is 20.4 Å². The largest absolute Gasteiger partial charge is 0.493 e. The number of hydrogen-bond donors (Lipinski definition) is 3. The number of allylic oxidation sites excluding steroid dienone is 2. The van der Waals surface area contributed by atoms with Gasteiger partial charge in [0.05, 0.1) is 18.1 Å². The third-order valence-corrected chi connectivity index (χ3v) is 6.31. The maximum atomic E-state index is 11.3. The van der Waals surface area contributed by atoms with Crippen LogP contribution >= 0.6 is 0 Å². The van der Waals surface area contributed by atoms with E-state index in [9.17, 15) is 8.42 Å². The van der Waals surface area contributed by atoms with Crippen LogP contribution in [0.25, 0.3) is 0 Å². The Bertz CT molecular complexity index is 943. The number of sulfonamides is 1. The predicted octanol–water partition coefficient (Wildman–Crippen LogP) is 2.10. The zero-order valence-corrected chi connectivity index (χ0v) is 17.3. The molecular weight excluding hydrogens is 378 g/mol. The molecule has 9 heteroatoms. The Kier molecular flexibility index (Phi) is 5.95. The lowest BCUT2D eigenvalue weighted by Crippen LogP contribution is -2.19. The molecule has 3 rings (SSSR count). The highest BCUT2D eigenvalue weighted by Gasteiger charge is 2.28. The molecule has 1 aliphatic heterocycles. The summed E-state index contributed by atoms with van der Waals surface area (Å²) in [6.45, 7) is 4.97. The zero-order valence-electron chi connectivity index (χ0n) is 16.5. The minimum absolute atomic E-state index is 0.118. The lowest BCUT2D eigenvalue weighted by molar-refractivity contribution is 0.256. The minimum atomic E-state index is -3.53. The minimum Gasteiger partial charge on any atom is -0.493 e. The lowest BCUT2D eigenvalue weighted by atomic mass is 9.82. The molecule has 0 amide bonds. The van der Waals surface area contributed by atoms with Crippen LogP contribution < -0.4 is 10.9 Å². The van der Waals surface area contributed by atoms with Crippen molar-refractivity contribution >= 4 is 21.6 Å². The Morgan fingerprint density at radius 2 is 2.21 bits per heavy atom. The van der Waals surface area contributed by atoms with Gasteiger partial charge in [0.15, 0.2) is 0 Å². The van der Waals surface area contributed by atoms with Crippen LogP contribution in [0.1, 0.15) is 51.0 Å². The summed E-state index contributed by atoms with van der Waals surface area (Å²) >= 11 is 0. The molecule has 1 aliphatic carbocycles. The van der Waals surface area contributed by atoms with Gasteiger partial charge in [-0.1, -0.05) is 12.5 Å². The highest BCUT2D eigenvalue weighted by molar-refractivity contribution is 7.89. The fourth-order valence-corrected chi connectivity index (χ4v) is 4.48. The van der Waals surface area contributed by atoms with E-state index in [1.807, 2.05) is 4.57 Å². The number of imidazole rings is 1. The molecule has 1 atom stereocenters. The summed E-state index contributed by atoms with van der Waals surface area (Å²) in [5.41, 5.74) is 9.62. The zero-order chi connectivity index (χ0) is 20.5. The van der Waals surface area contributed by atoms with Crippen molar-refractivity contribution in [2.75, 3.05) is 18.1 Å². The SMILES string of the molecule is CCC1CC2=C(C=C1Cc1nc(C(C)=N)c(N)n1CCCS(N)(=O)=O)OCC2. The Hall–Kier alpha value is -2.13. The number of nitrogen functional groups attached to an aromatic ring is 1. The second kappa shape index (κ2) is 8.08. The predicted molar refractivity (Wildman–Crippen MR) is 110 cm³/mol. The lowest BCUT2D eigenvalue weighted by Gasteiger charge is -2.24. The monoisotopic (exact) mass is 407 g/mol. The molecule has 0 bridgehead atoms. The average Bonchev–Trinajstić information content (AvgIpc) is 3.18. The molecular formula is C19H29N5O3S. The number of nitrogens with zero attached hydrogens (tertiary/aromatic N) is 2. The summed E-state index contributed by atoms with van der Waals surface area (Å²) in [5, 5.41) is 13.1. The van der Waals surface area contributed by atoms with Gasteiger partial charge in [-0.25, -0.2) is 18.5 Å². The van der Waals surface area contributed by atoms with Gasteiger partial charge in [0.2, 0.25) is 10.0 Å². The number of anilines is 1. The van der Waals surface area contributed by atoms with Gasteiger partial charge >= 0.3 is 0 Å². The van der Waals surface area contributed by atoms with E-state index >= 15 is 0 Å². The Morgan fingerprint density at radius 1 is 1.46 bits per heavy atom. The third-order valence-electron chi connectivity index (χ3n) is 5.45. The standard InChI is InChI=1S/C19H29N5O3S/c1-3-13-9-14-5-7-27-16(14)10-15(13)11-17-23-18(12(2)20)19(21)24(17)6-4-8-28(22,25)26/h10,13,20H,3-9,11,21H2,1-2H3,(H2,22,25,26). The van der Waals surface area contributed by atoms with E-state index in [4.69, 9.17) is 21.0 Å². The Labute approximate surface area is 166 Å². The van der Waals surface area contributed by atoms with Gasteiger partial charge in [0.25, 0.3) is 0 Å². The maximum Gasteiger partial charge on any atom is 0.209 e. The first-order valence-corrected chi connectivity index (χ1v) is 11.4. The van der Waals surface area contributed by atoms with Crippen molar-refractivity contribution in [3.8, 4) is 0 Å². The van der Waals surface area contributed by atoms with E-state index < -0.39 is 10.0 Å². The van der Waals surface area contributed by atoms with E-state index in [1.165, 1.54) is 11.1 Å². The van der Waals surface area contributed by atoms with Gasteiger partial charge in [-0.3, -0.25) is 0 Å². The molecule has 1 unspecified atom stereocenters. The van der Waals surface area contributed by atoms with Crippen LogP contribution in [0.3, 0.4) is 0 Å². The van der Waals surface area contributed by atoms with Crippen molar-refractivity contribution in [1.29, 1.82) is 5.41 Å². The normalized spacial score (nSPS) is 19.4. The number of nitrogens with one attached hydrogen (secondary N) is 1. The molecule has 28 heavy (non-hydrogen) atoms. The molecule has 0 fully saturated rings. The summed E-state index contributed by atoms with van der Waals surface area (Å²) in [4.78, 5) is 4.61. The third kappa shape index (κ3) is 4.47. The van der Waals surface area contributed by atoms with Crippen LogP contribution in [0, 0.1) is 11.3 Å². The maximum absolute atomic E-state index is 11.3. The highest BCUT2D eigenvalue weighted by atomic mass is 32.2. The van der Waals surface area contributed by atoms with Gasteiger partial charge in [0.1, 0.15) is 23.1 Å². The van der Waals surface area contributed by atoms with Crippen molar-refractivity contribution in [2.45, 2.75) is 52.5 Å². The van der Waals surface area contributed by atoms with Gasteiger partial charge in [-0.05, 0) is 43.8 Å². The van der Waals surface area contributed by atoms with Crippen LogP contribution in [0.15, 0.2) is 23.0 Å². The summed E-state index contributed by atoms with van der Waals surface area (Å²) in [6.07, 6.45) is 6.12. The van der Waals surface area contributed by atoms with Crippen LogP contribution in [0.4, 0.5) is 5.82 Å². The molecule has 8 nitrogen and oxygen atoms in total. The van der Waals surface area contributed by atoms with Gasteiger partial charge in [-0.2, -0.15) is 0 Å². The topological polar surface area (TPSA) is 137 Å². The van der Waals surface area contributed by atoms with E-state index in [0.717, 1.165) is 37.5 Å². The molecule has 0 saturated carbocycles. The van der Waals surface area contributed by atoms with E-state index in [1.54, 1.807) is 6.92 Å². The van der Waals surface area contributed by atoms with Crippen molar-refractivity contribution < 1.29 is 13.2 Å². The molecule has 1 aromatic heterocycles. The molecule has 1 aromatic rings. The summed E-state index contributed by atoms with van der Waals surface area (Å²) < 4.78 is 30.1. The second-order valence-electron chi connectivity index (χ2n) is 7.53. The molecule has 5 N–H and O–H groups in total. The molecule has 154 valence electrons. The molecule has 0 radical (unpaired) electrons. The average molecular weight is 408 g/mol. The van der Waals surface area contributed by atoms with Crippen molar-refractivity contribution in [1.82, 2.24) is 9.55 Å². The first-order chi connectivity index (χ1) is 13.2. The number of primary sulfonamides is 1. The number of ether oxygens (including phenoxy) is 1. The fourth-order valence-electron chi connectivity index (χ4n) is 3.95. The van der Waals surface area contributed by atoms with Crippen LogP contribution in [0.2, 0.25) is 0 Å². The number of nitrogens with two attached hydrogens (primary N) is 2. The van der Waals surface area contributed by atoms with E-state index in [0.29, 0.717) is 36.8 Å². The first kappa shape index (κ1) is 20.6. The number of rotatable bonds is 8. The van der Waals surface area contributed by atoms with Crippen LogP contribution in [-0.4, -0.2) is 36.0 Å². The highest BCUT2D eigenvalue weighted by Crippen LogP contribution is 2.38. The van der Waals surface area contributed by atoms with Crippen LogP contribution in [0.5, 0.6) is 0 Å². The summed E-state index contributed by atoms with van der Waals surface area (Å²) in [6, 6.07) is 0. The molecule has 2 aliphatic rings. The summed E-state index contributed by atoms with van der Waals surface area (Å²) in [5.74, 6) is 2.45. The van der Waals surface area contributed by atoms with Crippen LogP contribution in [-0.2, 0) is 27.7 Å². The molecule has 0 spiro atoms. The Morgan fingerprint density at radius 3 is 2.86 bits per heavy atom. The molecule has 2 heterocycles. The summed E-state index contributed by atoms with van der Waals surface area (Å²) in [7, 11) is -3.53. The van der Waals surface area contributed by atoms with Crippen molar-refractivity contribution in [3.05, 3.63) is 34.5 Å². The fraction of sp³-hybridized carbons (Fsp3) is 0.579. The van der Waals surface area contributed by atoms with E-state index in [-0.39, 0.29) is 11.5 Å². The smallest absolute Gasteiger partial charge is 0.209 e. The van der Waals surface area contributed by atoms with Gasteiger partial charge in [-0.15, -0.1) is 0 Å². The molecule has 0 aromatic carbocycles. The van der Waals surface area contributed by atoms with Crippen molar-refractivity contribution in [2.24, 2.45) is 11.1 Å². The van der Waals surface area contributed by atoms with Crippen molar-refractivity contribution in [3.63, 3.8) is 0 Å². The van der Waals surface area contributed by atoms with E-state index in [2.05, 4.69) is 18.0 Å². The first-order valence-electron chi connectivity index (χ1n) is 9.65. The second-order valence-corrected chi connectivity index (χ2v) is 9.26. The number of hydrogen-bond acceptors (Lipinski definition) is 6.